The van der Waals surface area contributed by atoms with Crippen LogP contribution in [0.2, 0.25) is 0 Å². The zero-order chi connectivity index (χ0) is 15.1. The molecule has 0 aliphatic heterocycles. The number of nitrogens with one attached hydrogen (secondary N) is 1. The molecule has 1 fully saturated rings. The SMILES string of the molecule is CCC1CC(C(=O)O)C(C(=O)NCCCCC(N)=O)C1. The van der Waals surface area contributed by atoms with Crippen molar-refractivity contribution in [2.24, 2.45) is 23.5 Å². The maximum Gasteiger partial charge on any atom is 0.307 e. The number of carbonyl (C=O) groups is 3. The van der Waals surface area contributed by atoms with Gasteiger partial charge in [0, 0.05) is 13.0 Å². The number of nitrogens with two attached hydrogens (primary N) is 1. The third kappa shape index (κ3) is 4.83. The highest BCUT2D eigenvalue weighted by atomic mass is 16.4. The number of carboxylic acid groups (broad SMARTS) is 1. The van der Waals surface area contributed by atoms with Gasteiger partial charge >= 0.3 is 5.97 Å². The van der Waals surface area contributed by atoms with Crippen molar-refractivity contribution in [1.29, 1.82) is 0 Å². The molecule has 0 saturated heterocycles. The molecule has 0 aromatic carbocycles. The van der Waals surface area contributed by atoms with E-state index < -0.39 is 17.8 Å². The second-order valence-electron chi connectivity index (χ2n) is 5.51. The first-order chi connectivity index (χ1) is 9.45. The Morgan fingerprint density at radius 2 is 1.85 bits per heavy atom. The number of primary amides is 1. The van der Waals surface area contributed by atoms with Crippen molar-refractivity contribution < 1.29 is 19.5 Å². The van der Waals surface area contributed by atoms with Crippen LogP contribution in [0.3, 0.4) is 0 Å². The Bertz CT molecular complexity index is 370. The quantitative estimate of drug-likeness (QED) is 0.575. The summed E-state index contributed by atoms with van der Waals surface area (Å²) < 4.78 is 0. The number of amides is 2. The molecule has 1 aliphatic carbocycles. The number of hydrogen-bond acceptors (Lipinski definition) is 3. The molecule has 0 radical (unpaired) electrons. The van der Waals surface area contributed by atoms with E-state index in [9.17, 15) is 19.5 Å². The van der Waals surface area contributed by atoms with Crippen molar-refractivity contribution >= 4 is 17.8 Å². The van der Waals surface area contributed by atoms with Gasteiger partial charge in [-0.3, -0.25) is 14.4 Å². The van der Waals surface area contributed by atoms with Gasteiger partial charge in [0.2, 0.25) is 11.8 Å². The second kappa shape index (κ2) is 7.87. The molecule has 3 atom stereocenters. The van der Waals surface area contributed by atoms with E-state index in [1.807, 2.05) is 6.92 Å². The van der Waals surface area contributed by atoms with Crippen LogP contribution < -0.4 is 11.1 Å². The van der Waals surface area contributed by atoms with E-state index in [0.29, 0.717) is 44.6 Å². The Morgan fingerprint density at radius 3 is 2.40 bits per heavy atom. The van der Waals surface area contributed by atoms with Crippen molar-refractivity contribution in [2.75, 3.05) is 6.54 Å². The molecule has 20 heavy (non-hydrogen) atoms. The number of hydrogen-bond donors (Lipinski definition) is 3. The summed E-state index contributed by atoms with van der Waals surface area (Å²) in [4.78, 5) is 33.8. The minimum absolute atomic E-state index is 0.174. The molecule has 1 rings (SSSR count). The molecule has 1 aliphatic rings. The van der Waals surface area contributed by atoms with Gasteiger partial charge in [0.15, 0.2) is 0 Å². The smallest absolute Gasteiger partial charge is 0.307 e. The van der Waals surface area contributed by atoms with Crippen molar-refractivity contribution in [3.8, 4) is 0 Å². The molecule has 4 N–H and O–H groups in total. The van der Waals surface area contributed by atoms with E-state index in [-0.39, 0.29) is 11.8 Å². The summed E-state index contributed by atoms with van der Waals surface area (Å²) in [6.45, 7) is 2.49. The van der Waals surface area contributed by atoms with Gasteiger partial charge in [-0.1, -0.05) is 13.3 Å². The van der Waals surface area contributed by atoms with Crippen molar-refractivity contribution in [1.82, 2.24) is 5.32 Å². The summed E-state index contributed by atoms with van der Waals surface area (Å²) in [5.74, 6) is -2.06. The van der Waals surface area contributed by atoms with Crippen LogP contribution >= 0.6 is 0 Å². The number of carboxylic acids is 1. The molecule has 0 aromatic rings. The molecule has 1 saturated carbocycles. The van der Waals surface area contributed by atoms with Gasteiger partial charge in [-0.2, -0.15) is 0 Å². The highest BCUT2D eigenvalue weighted by molar-refractivity contribution is 5.85. The van der Waals surface area contributed by atoms with E-state index in [0.717, 1.165) is 6.42 Å². The lowest BCUT2D eigenvalue weighted by atomic mass is 9.95. The number of carbonyl (C=O) groups excluding carboxylic acids is 2. The van der Waals surface area contributed by atoms with Crippen LogP contribution in [0.5, 0.6) is 0 Å². The largest absolute Gasteiger partial charge is 0.481 e. The Balaban J connectivity index is 2.37. The van der Waals surface area contributed by atoms with Crippen LogP contribution in [-0.4, -0.2) is 29.4 Å². The number of aliphatic carboxylic acids is 1. The van der Waals surface area contributed by atoms with E-state index in [4.69, 9.17) is 5.73 Å². The highest BCUT2D eigenvalue weighted by Gasteiger charge is 2.41. The lowest BCUT2D eigenvalue weighted by Gasteiger charge is -2.15. The standard InChI is InChI=1S/C14H24N2O4/c1-2-9-7-10(11(8-9)14(19)20)13(18)16-6-4-3-5-12(15)17/h9-11H,2-8H2,1H3,(H2,15,17)(H,16,18)(H,19,20). The Morgan fingerprint density at radius 1 is 1.20 bits per heavy atom. The zero-order valence-corrected chi connectivity index (χ0v) is 11.9. The topological polar surface area (TPSA) is 109 Å². The monoisotopic (exact) mass is 284 g/mol. The van der Waals surface area contributed by atoms with Crippen LogP contribution in [0.25, 0.3) is 0 Å². The van der Waals surface area contributed by atoms with Gasteiger partial charge in [0.25, 0.3) is 0 Å². The molecule has 6 heteroatoms. The van der Waals surface area contributed by atoms with Crippen molar-refractivity contribution in [2.45, 2.75) is 45.4 Å². The normalized spacial score (nSPS) is 25.4. The van der Waals surface area contributed by atoms with E-state index in [2.05, 4.69) is 5.32 Å². The summed E-state index contributed by atoms with van der Waals surface area (Å²) in [6.07, 6.45) is 3.78. The third-order valence-corrected chi connectivity index (χ3v) is 4.04. The lowest BCUT2D eigenvalue weighted by Crippen LogP contribution is -2.35. The maximum atomic E-state index is 12.1. The fraction of sp³-hybridized carbons (Fsp3) is 0.786. The number of rotatable bonds is 8. The average molecular weight is 284 g/mol. The average Bonchev–Trinajstić information content (AvgIpc) is 2.82. The van der Waals surface area contributed by atoms with E-state index in [1.54, 1.807) is 0 Å². The van der Waals surface area contributed by atoms with Gasteiger partial charge in [-0.15, -0.1) is 0 Å². The number of unbranched alkanes of at least 4 members (excludes halogenated alkanes) is 1. The predicted molar refractivity (Wildman–Crippen MR) is 73.7 cm³/mol. The van der Waals surface area contributed by atoms with Gasteiger partial charge in [-0.05, 0) is 31.6 Å². The summed E-state index contributed by atoms with van der Waals surface area (Å²) in [5, 5.41) is 12.0. The molecule has 0 aromatic heterocycles. The van der Waals surface area contributed by atoms with Crippen LogP contribution in [0.4, 0.5) is 0 Å². The molecule has 3 unspecified atom stereocenters. The third-order valence-electron chi connectivity index (χ3n) is 4.04. The first-order valence-corrected chi connectivity index (χ1v) is 7.24. The molecule has 6 nitrogen and oxygen atoms in total. The van der Waals surface area contributed by atoms with Crippen molar-refractivity contribution in [3.05, 3.63) is 0 Å². The molecule has 0 heterocycles. The lowest BCUT2D eigenvalue weighted by molar-refractivity contribution is -0.146. The fourth-order valence-corrected chi connectivity index (χ4v) is 2.81. The van der Waals surface area contributed by atoms with Gasteiger partial charge in [0.1, 0.15) is 0 Å². The Hall–Kier alpha value is -1.59. The first-order valence-electron chi connectivity index (χ1n) is 7.24. The van der Waals surface area contributed by atoms with Crippen molar-refractivity contribution in [3.63, 3.8) is 0 Å². The molecule has 0 bridgehead atoms. The first kappa shape index (κ1) is 16.5. The van der Waals surface area contributed by atoms with Crippen LogP contribution in [0.1, 0.15) is 45.4 Å². The van der Waals surface area contributed by atoms with E-state index >= 15 is 0 Å². The molecule has 0 spiro atoms. The Kier molecular flexibility index (Phi) is 6.48. The van der Waals surface area contributed by atoms with E-state index in [1.165, 1.54) is 0 Å². The molecule has 114 valence electrons. The molecular weight excluding hydrogens is 260 g/mol. The second-order valence-corrected chi connectivity index (χ2v) is 5.51. The van der Waals surface area contributed by atoms with Crippen LogP contribution in [0, 0.1) is 17.8 Å². The Labute approximate surface area is 119 Å². The highest BCUT2D eigenvalue weighted by Crippen LogP contribution is 2.38. The summed E-state index contributed by atoms with van der Waals surface area (Å²) in [7, 11) is 0. The summed E-state index contributed by atoms with van der Waals surface area (Å²) in [6, 6.07) is 0. The summed E-state index contributed by atoms with van der Waals surface area (Å²) in [5.41, 5.74) is 5.02. The predicted octanol–water partition coefficient (Wildman–Crippen LogP) is 0.895. The minimum Gasteiger partial charge on any atom is -0.481 e. The summed E-state index contributed by atoms with van der Waals surface area (Å²) >= 11 is 0. The molecular formula is C14H24N2O4. The zero-order valence-electron chi connectivity index (χ0n) is 11.9. The maximum absolute atomic E-state index is 12.1. The molecule has 2 amide bonds. The van der Waals surface area contributed by atoms with Gasteiger partial charge in [0.05, 0.1) is 11.8 Å². The van der Waals surface area contributed by atoms with Gasteiger partial charge < -0.3 is 16.2 Å². The van der Waals surface area contributed by atoms with Crippen LogP contribution in [-0.2, 0) is 14.4 Å². The minimum atomic E-state index is -0.880. The van der Waals surface area contributed by atoms with Crippen LogP contribution in [0.15, 0.2) is 0 Å². The van der Waals surface area contributed by atoms with Gasteiger partial charge in [-0.25, -0.2) is 0 Å². The fourth-order valence-electron chi connectivity index (χ4n) is 2.81.